The lowest BCUT2D eigenvalue weighted by atomic mass is 9.74. The Labute approximate surface area is 138 Å². The summed E-state index contributed by atoms with van der Waals surface area (Å²) in [5.41, 5.74) is -1.30. The monoisotopic (exact) mass is 356 g/mol. The molecule has 0 aromatic heterocycles. The number of nitrogens with zero attached hydrogens (tertiary/aromatic N) is 3. The van der Waals surface area contributed by atoms with Gasteiger partial charge < -0.3 is 0 Å². The van der Waals surface area contributed by atoms with Gasteiger partial charge in [-0.2, -0.15) is 18.3 Å². The largest absolute Gasteiger partial charge is 0.416 e. The summed E-state index contributed by atoms with van der Waals surface area (Å²) in [6, 6.07) is 0.520. The van der Waals surface area contributed by atoms with Gasteiger partial charge in [-0.05, 0) is 18.8 Å². The zero-order chi connectivity index (χ0) is 18.4. The van der Waals surface area contributed by atoms with E-state index in [1.54, 1.807) is 0 Å². The molecule has 1 N–H and O–H groups in total. The van der Waals surface area contributed by atoms with Crippen LogP contribution in [0, 0.1) is 32.1 Å². The lowest BCUT2D eigenvalue weighted by molar-refractivity contribution is -0.392. The lowest BCUT2D eigenvalue weighted by Gasteiger charge is -2.31. The number of hydrazone groups is 1. The van der Waals surface area contributed by atoms with Crippen LogP contribution in [0.1, 0.15) is 18.4 Å². The van der Waals surface area contributed by atoms with Crippen LogP contribution in [0.2, 0.25) is 0 Å². The first kappa shape index (κ1) is 16.9. The summed E-state index contributed by atoms with van der Waals surface area (Å²) in [6.07, 6.45) is 0.406. The van der Waals surface area contributed by atoms with Crippen molar-refractivity contribution in [3.8, 4) is 0 Å². The molecular weight excluding hydrogens is 345 g/mol. The number of hydrogen-bond acceptors (Lipinski definition) is 6. The fraction of sp³-hybridized carbons (Fsp3) is 0.357. The number of anilines is 1. The molecule has 0 saturated heterocycles. The van der Waals surface area contributed by atoms with E-state index in [1.165, 1.54) is 0 Å². The van der Waals surface area contributed by atoms with Crippen molar-refractivity contribution in [1.82, 2.24) is 0 Å². The number of nitro benzene ring substituents is 2. The molecule has 1 aromatic carbocycles. The van der Waals surface area contributed by atoms with Gasteiger partial charge in [-0.15, -0.1) is 0 Å². The van der Waals surface area contributed by atoms with E-state index in [0.29, 0.717) is 18.1 Å². The minimum Gasteiger partial charge on any atom is -0.266 e. The van der Waals surface area contributed by atoms with E-state index >= 15 is 0 Å². The number of rotatable bonds is 4. The Morgan fingerprint density at radius 1 is 1.16 bits per heavy atom. The molecule has 0 amide bonds. The minimum absolute atomic E-state index is 0.139. The van der Waals surface area contributed by atoms with Crippen LogP contribution in [0.4, 0.5) is 30.2 Å². The molecule has 0 radical (unpaired) electrons. The molecule has 0 bridgehead atoms. The average Bonchev–Trinajstić information content (AvgIpc) is 2.86. The van der Waals surface area contributed by atoms with Gasteiger partial charge in [0.1, 0.15) is 0 Å². The van der Waals surface area contributed by atoms with Crippen LogP contribution in [-0.4, -0.2) is 15.6 Å². The quantitative estimate of drug-likeness (QED) is 0.500. The highest BCUT2D eigenvalue weighted by Crippen LogP contribution is 2.43. The van der Waals surface area contributed by atoms with Crippen molar-refractivity contribution >= 4 is 22.8 Å². The molecule has 8 nitrogen and oxygen atoms in total. The van der Waals surface area contributed by atoms with Gasteiger partial charge in [-0.25, -0.2) is 0 Å². The zero-order valence-corrected chi connectivity index (χ0v) is 12.5. The SMILES string of the molecule is O=[N+]([O-])c1cc(C(F)(F)F)cc([N+](=O)[O-])c1N/N=C1/C[C@H]2C=CC[C@@H]12. The lowest BCUT2D eigenvalue weighted by Crippen LogP contribution is -2.33. The van der Waals surface area contributed by atoms with Gasteiger partial charge in [0.05, 0.1) is 15.4 Å². The van der Waals surface area contributed by atoms with Gasteiger partial charge >= 0.3 is 17.6 Å². The first-order valence-corrected chi connectivity index (χ1v) is 7.21. The smallest absolute Gasteiger partial charge is 0.266 e. The number of hydrogen-bond donors (Lipinski definition) is 1. The van der Waals surface area contributed by atoms with Crippen molar-refractivity contribution in [1.29, 1.82) is 0 Å². The molecule has 1 aromatic rings. The van der Waals surface area contributed by atoms with Crippen LogP contribution >= 0.6 is 0 Å². The summed E-state index contributed by atoms with van der Waals surface area (Å²) < 4.78 is 38.5. The Bertz CT molecular complexity index is 784. The van der Waals surface area contributed by atoms with E-state index < -0.39 is 38.6 Å². The second-order valence-corrected chi connectivity index (χ2v) is 5.75. The van der Waals surface area contributed by atoms with Crippen molar-refractivity contribution in [2.24, 2.45) is 16.9 Å². The van der Waals surface area contributed by atoms with Gasteiger partial charge in [0.2, 0.25) is 5.69 Å². The zero-order valence-electron chi connectivity index (χ0n) is 12.5. The molecule has 0 heterocycles. The second-order valence-electron chi connectivity index (χ2n) is 5.75. The van der Waals surface area contributed by atoms with Crippen LogP contribution in [0.5, 0.6) is 0 Å². The maximum Gasteiger partial charge on any atom is 0.416 e. The number of benzene rings is 1. The highest BCUT2D eigenvalue weighted by molar-refractivity contribution is 5.95. The number of nitrogens with one attached hydrogen (secondary N) is 1. The maximum absolute atomic E-state index is 12.8. The highest BCUT2D eigenvalue weighted by Gasteiger charge is 2.40. The molecule has 0 spiro atoms. The first-order valence-electron chi connectivity index (χ1n) is 7.21. The fourth-order valence-electron chi connectivity index (χ4n) is 2.97. The van der Waals surface area contributed by atoms with Crippen LogP contribution in [0.3, 0.4) is 0 Å². The molecule has 2 atom stereocenters. The topological polar surface area (TPSA) is 111 Å². The van der Waals surface area contributed by atoms with Crippen molar-refractivity contribution in [3.05, 3.63) is 50.1 Å². The van der Waals surface area contributed by atoms with E-state index in [4.69, 9.17) is 0 Å². The normalized spacial score (nSPS) is 23.2. The summed E-state index contributed by atoms with van der Waals surface area (Å²) in [5.74, 6) is 0.471. The van der Waals surface area contributed by atoms with E-state index in [0.717, 1.165) is 6.42 Å². The summed E-state index contributed by atoms with van der Waals surface area (Å²) >= 11 is 0. The van der Waals surface area contributed by atoms with Gasteiger partial charge in [-0.3, -0.25) is 25.7 Å². The number of alkyl halides is 3. The summed E-state index contributed by atoms with van der Waals surface area (Å²) in [4.78, 5) is 20.0. The predicted octanol–water partition coefficient (Wildman–Crippen LogP) is 3.89. The van der Waals surface area contributed by atoms with Gasteiger partial charge in [0.15, 0.2) is 0 Å². The summed E-state index contributed by atoms with van der Waals surface area (Å²) in [7, 11) is 0. The molecule has 132 valence electrons. The Morgan fingerprint density at radius 3 is 2.24 bits per heavy atom. The molecular formula is C14H11F3N4O4. The molecule has 3 rings (SSSR count). The first-order chi connectivity index (χ1) is 11.7. The number of allylic oxidation sites excluding steroid dienone is 2. The van der Waals surface area contributed by atoms with Crippen LogP contribution in [0.15, 0.2) is 29.4 Å². The second kappa shape index (κ2) is 5.83. The number of nitro groups is 2. The van der Waals surface area contributed by atoms with Gasteiger partial charge in [0, 0.05) is 23.8 Å². The number of fused-ring (bicyclic) bond motifs is 1. The molecule has 0 aliphatic heterocycles. The summed E-state index contributed by atoms with van der Waals surface area (Å²) in [6.45, 7) is 0. The van der Waals surface area contributed by atoms with E-state index in [-0.39, 0.29) is 18.1 Å². The molecule has 2 aliphatic carbocycles. The molecule has 2 aliphatic rings. The predicted molar refractivity (Wildman–Crippen MR) is 81.2 cm³/mol. The number of halogens is 3. The Balaban J connectivity index is 2.00. The third-order valence-corrected chi connectivity index (χ3v) is 4.29. The van der Waals surface area contributed by atoms with Crippen molar-refractivity contribution in [2.75, 3.05) is 5.43 Å². The molecule has 0 unspecified atom stereocenters. The van der Waals surface area contributed by atoms with Gasteiger partial charge in [-0.1, -0.05) is 12.2 Å². The van der Waals surface area contributed by atoms with E-state index in [1.807, 2.05) is 12.2 Å². The average molecular weight is 356 g/mol. The highest BCUT2D eigenvalue weighted by atomic mass is 19.4. The molecule has 11 heteroatoms. The van der Waals surface area contributed by atoms with E-state index in [9.17, 15) is 33.4 Å². The minimum atomic E-state index is -4.95. The van der Waals surface area contributed by atoms with Crippen molar-refractivity contribution in [3.63, 3.8) is 0 Å². The Hall–Kier alpha value is -2.98. The van der Waals surface area contributed by atoms with Crippen LogP contribution in [-0.2, 0) is 6.18 Å². The third-order valence-electron chi connectivity index (χ3n) is 4.29. The molecule has 1 fully saturated rings. The standard InChI is InChI=1S/C14H11F3N4O4/c15-14(16,17)8-5-11(20(22)23)13(12(6-8)21(24)25)19-18-10-4-7-2-1-3-9(7)10/h1-2,5-7,9,19H,3-4H2/b18-10-/t7-,9-/m1/s1. The van der Waals surface area contributed by atoms with Crippen LogP contribution < -0.4 is 5.43 Å². The molecule has 1 saturated carbocycles. The third kappa shape index (κ3) is 3.04. The summed E-state index contributed by atoms with van der Waals surface area (Å²) in [5, 5.41) is 26.2. The Morgan fingerprint density at radius 2 is 1.76 bits per heavy atom. The van der Waals surface area contributed by atoms with Gasteiger partial charge in [0.25, 0.3) is 0 Å². The molecule has 25 heavy (non-hydrogen) atoms. The van der Waals surface area contributed by atoms with E-state index in [2.05, 4.69) is 10.5 Å². The maximum atomic E-state index is 12.8. The van der Waals surface area contributed by atoms with Crippen molar-refractivity contribution < 1.29 is 23.0 Å². The Kier molecular flexibility index (Phi) is 3.93. The van der Waals surface area contributed by atoms with Crippen LogP contribution in [0.25, 0.3) is 0 Å². The van der Waals surface area contributed by atoms with Crippen molar-refractivity contribution in [2.45, 2.75) is 19.0 Å². The fourth-order valence-corrected chi connectivity index (χ4v) is 2.97.